The maximum absolute atomic E-state index is 5.17. The molecule has 0 bridgehead atoms. The number of nitrogens with zero attached hydrogens (tertiary/aromatic N) is 3. The zero-order chi connectivity index (χ0) is 23.2. The predicted molar refractivity (Wildman–Crippen MR) is 144 cm³/mol. The molecule has 0 atom stereocenters. The van der Waals surface area contributed by atoms with Gasteiger partial charge in [-0.05, 0) is 42.5 Å². The van der Waals surface area contributed by atoms with Gasteiger partial charge in [0.1, 0.15) is 0 Å². The van der Waals surface area contributed by atoms with Crippen LogP contribution in [0, 0.1) is 21.3 Å². The number of aliphatic imine (C=N–C) groups is 2. The Bertz CT molecular complexity index is 1310. The summed E-state index contributed by atoms with van der Waals surface area (Å²) in [6.07, 6.45) is 2.65. The van der Waals surface area contributed by atoms with Crippen LogP contribution in [0.3, 0.4) is 0 Å². The van der Waals surface area contributed by atoms with Crippen LogP contribution in [0.15, 0.2) is 89.0 Å². The van der Waals surface area contributed by atoms with E-state index in [0.717, 1.165) is 29.2 Å². The van der Waals surface area contributed by atoms with Crippen molar-refractivity contribution in [2.45, 2.75) is 20.3 Å². The summed E-state index contributed by atoms with van der Waals surface area (Å²) < 4.78 is 0. The van der Waals surface area contributed by atoms with E-state index >= 15 is 0 Å². The fraction of sp³-hybridized carbons (Fsp3) is 0.143. The fourth-order valence-electron chi connectivity index (χ4n) is 4.19. The van der Waals surface area contributed by atoms with Gasteiger partial charge in [-0.25, -0.2) is 4.99 Å². The number of benzene rings is 3. The number of aryl methyl sites for hydroxylation is 2. The first-order chi connectivity index (χ1) is 16.1. The summed E-state index contributed by atoms with van der Waals surface area (Å²) in [7, 11) is 9.53. The molecule has 5 rings (SSSR count). The third-order valence-electron chi connectivity index (χ3n) is 5.67. The molecule has 1 aromatic heterocycles. The SMILES string of the molecule is Cc1cccc(C)c1N=C1C(=NCCc2ccccn2)c2cccc3cccc1c23.[CH3-].[Cl][Fe+][Cl]. The van der Waals surface area contributed by atoms with E-state index in [1.165, 1.54) is 33.0 Å². The van der Waals surface area contributed by atoms with Crippen molar-refractivity contribution < 1.29 is 13.1 Å². The summed E-state index contributed by atoms with van der Waals surface area (Å²) in [4.78, 5) is 14.6. The first-order valence-electron chi connectivity index (χ1n) is 10.6. The van der Waals surface area contributed by atoms with E-state index in [1.807, 2.05) is 18.3 Å². The van der Waals surface area contributed by atoms with E-state index in [1.54, 1.807) is 0 Å². The van der Waals surface area contributed by atoms with E-state index in [2.05, 4.69) is 79.5 Å². The topological polar surface area (TPSA) is 37.6 Å². The molecular formula is C28H26Cl2FeN3. The number of aromatic nitrogens is 1. The van der Waals surface area contributed by atoms with Crippen LogP contribution in [0.5, 0.6) is 0 Å². The van der Waals surface area contributed by atoms with Crippen molar-refractivity contribution in [2.24, 2.45) is 9.98 Å². The summed E-state index contributed by atoms with van der Waals surface area (Å²) >= 11 is 0.194. The van der Waals surface area contributed by atoms with Crippen LogP contribution < -0.4 is 0 Å². The molecule has 0 radical (unpaired) electrons. The molecule has 0 spiro atoms. The number of halogens is 2. The molecule has 0 unspecified atom stereocenters. The van der Waals surface area contributed by atoms with Crippen molar-refractivity contribution in [3.63, 3.8) is 0 Å². The molecule has 6 heteroatoms. The molecule has 1 aliphatic rings. The zero-order valence-corrected chi connectivity index (χ0v) is 22.0. The second-order valence-electron chi connectivity index (χ2n) is 7.76. The Morgan fingerprint density at radius 1 is 0.794 bits per heavy atom. The summed E-state index contributed by atoms with van der Waals surface area (Å²) in [6, 6.07) is 25.2. The number of pyridine rings is 1. The predicted octanol–water partition coefficient (Wildman–Crippen LogP) is 7.84. The Labute approximate surface area is 216 Å². The second kappa shape index (κ2) is 12.3. The van der Waals surface area contributed by atoms with Gasteiger partial charge in [0.05, 0.1) is 17.1 Å². The van der Waals surface area contributed by atoms with Gasteiger partial charge in [-0.15, -0.1) is 0 Å². The number of hydrogen-bond donors (Lipinski definition) is 0. The van der Waals surface area contributed by atoms with Crippen molar-refractivity contribution in [3.05, 3.63) is 114 Å². The quantitative estimate of drug-likeness (QED) is 0.195. The molecule has 0 fully saturated rings. The standard InChI is InChI=1S/C27H23N3.CH3.2ClH.Fe/c1-18-8-5-9-19(2)25(18)30-27-23-14-7-11-20-10-6-13-22(24(20)23)26(27)29-17-15-21-12-3-4-16-28-21;;;;/h3-14,16H,15,17H2,1-2H3;1H3;2*1H;/q;-1;;;+3/p-2. The Balaban J connectivity index is 0.000000771. The average Bonchev–Trinajstić information content (AvgIpc) is 3.12. The van der Waals surface area contributed by atoms with Gasteiger partial charge < -0.3 is 7.43 Å². The van der Waals surface area contributed by atoms with Gasteiger partial charge in [-0.2, -0.15) is 0 Å². The van der Waals surface area contributed by atoms with Crippen LogP contribution in [-0.4, -0.2) is 23.0 Å². The first kappa shape index (κ1) is 26.1. The van der Waals surface area contributed by atoms with Crippen molar-refractivity contribution in [3.8, 4) is 0 Å². The molecule has 3 aromatic carbocycles. The summed E-state index contributed by atoms with van der Waals surface area (Å²) in [6.45, 7) is 4.92. The molecule has 4 aromatic rings. The van der Waals surface area contributed by atoms with Crippen LogP contribution in [0.25, 0.3) is 10.8 Å². The van der Waals surface area contributed by atoms with Crippen LogP contribution in [0.2, 0.25) is 0 Å². The molecule has 175 valence electrons. The molecule has 0 saturated heterocycles. The Hall–Kier alpha value is -2.49. The second-order valence-corrected chi connectivity index (χ2v) is 9.59. The summed E-state index contributed by atoms with van der Waals surface area (Å²) in [5.74, 6) is 0. The van der Waals surface area contributed by atoms with Crippen LogP contribution in [0.4, 0.5) is 5.69 Å². The monoisotopic (exact) mass is 530 g/mol. The third-order valence-corrected chi connectivity index (χ3v) is 5.67. The molecule has 34 heavy (non-hydrogen) atoms. The molecule has 3 nitrogen and oxygen atoms in total. The Kier molecular flexibility index (Phi) is 9.44. The first-order valence-corrected chi connectivity index (χ1v) is 13.6. The van der Waals surface area contributed by atoms with Gasteiger partial charge in [0, 0.05) is 41.4 Å². The van der Waals surface area contributed by atoms with Crippen LogP contribution in [-0.2, 0) is 19.6 Å². The molecule has 1 aliphatic carbocycles. The molecule has 0 aliphatic heterocycles. The van der Waals surface area contributed by atoms with E-state index in [0.29, 0.717) is 6.54 Å². The van der Waals surface area contributed by atoms with Gasteiger partial charge in [-0.3, -0.25) is 9.98 Å². The molecular weight excluding hydrogens is 505 g/mol. The molecule has 0 saturated carbocycles. The normalized spacial score (nSPS) is 14.1. The molecule has 1 heterocycles. The molecule has 0 N–H and O–H groups in total. The molecule has 0 amide bonds. The van der Waals surface area contributed by atoms with Crippen molar-refractivity contribution >= 4 is 48.1 Å². The minimum atomic E-state index is 0. The minimum absolute atomic E-state index is 0. The average molecular weight is 531 g/mol. The van der Waals surface area contributed by atoms with Gasteiger partial charge in [-0.1, -0.05) is 60.7 Å². The van der Waals surface area contributed by atoms with Gasteiger partial charge >= 0.3 is 33.3 Å². The van der Waals surface area contributed by atoms with Crippen molar-refractivity contribution in [1.82, 2.24) is 4.98 Å². The number of para-hydroxylation sites is 1. The summed E-state index contributed by atoms with van der Waals surface area (Å²) in [5.41, 5.74) is 8.76. The third kappa shape index (κ3) is 5.59. The number of rotatable bonds is 4. The van der Waals surface area contributed by atoms with Gasteiger partial charge in [0.2, 0.25) is 0 Å². The van der Waals surface area contributed by atoms with E-state index in [4.69, 9.17) is 30.2 Å². The number of hydrogen-bond acceptors (Lipinski definition) is 3. The summed E-state index contributed by atoms with van der Waals surface area (Å²) in [5, 5.41) is 2.48. The van der Waals surface area contributed by atoms with Gasteiger partial charge in [0.15, 0.2) is 0 Å². The van der Waals surface area contributed by atoms with Gasteiger partial charge in [0.25, 0.3) is 0 Å². The van der Waals surface area contributed by atoms with E-state index < -0.39 is 0 Å². The van der Waals surface area contributed by atoms with Crippen LogP contribution >= 0.6 is 20.2 Å². The Morgan fingerprint density at radius 2 is 1.41 bits per heavy atom. The van der Waals surface area contributed by atoms with Crippen LogP contribution in [0.1, 0.15) is 27.9 Å². The van der Waals surface area contributed by atoms with E-state index in [9.17, 15) is 0 Å². The fourth-order valence-corrected chi connectivity index (χ4v) is 4.19. The zero-order valence-electron chi connectivity index (χ0n) is 19.4. The van der Waals surface area contributed by atoms with Crippen molar-refractivity contribution in [1.29, 1.82) is 0 Å². The van der Waals surface area contributed by atoms with E-state index in [-0.39, 0.29) is 20.6 Å². The van der Waals surface area contributed by atoms with Crippen molar-refractivity contribution in [2.75, 3.05) is 6.54 Å². The Morgan fingerprint density at radius 3 is 2.03 bits per heavy atom. The maximum atomic E-state index is 5.17.